The zero-order valence-corrected chi connectivity index (χ0v) is 16.7. The lowest BCUT2D eigenvalue weighted by atomic mass is 10.0. The number of H-pyrrole nitrogens is 1. The summed E-state index contributed by atoms with van der Waals surface area (Å²) in [6.45, 7) is 5.29. The van der Waals surface area contributed by atoms with Crippen LogP contribution in [0.2, 0.25) is 0 Å². The van der Waals surface area contributed by atoms with Crippen molar-refractivity contribution >= 4 is 17.5 Å². The van der Waals surface area contributed by atoms with E-state index in [0.29, 0.717) is 12.5 Å². The van der Waals surface area contributed by atoms with E-state index < -0.39 is 5.54 Å². The Balaban J connectivity index is 1.37. The minimum absolute atomic E-state index is 0.0192. The number of nitrogens with one attached hydrogen (secondary N) is 3. The Bertz CT molecular complexity index is 954. The van der Waals surface area contributed by atoms with Crippen molar-refractivity contribution in [3.05, 3.63) is 60.9 Å². The molecule has 0 aliphatic carbocycles. The maximum Gasteiger partial charge on any atom is 0.245 e. The van der Waals surface area contributed by atoms with Crippen LogP contribution in [0.4, 0.5) is 11.6 Å². The number of aromatic nitrogens is 3. The number of hydrogen-bond donors (Lipinski definition) is 3. The predicted molar refractivity (Wildman–Crippen MR) is 115 cm³/mol. The summed E-state index contributed by atoms with van der Waals surface area (Å²) >= 11 is 0. The van der Waals surface area contributed by atoms with Crippen molar-refractivity contribution in [3.8, 4) is 11.4 Å². The fraction of sp³-hybridized carbons (Fsp3) is 0.318. The van der Waals surface area contributed by atoms with Gasteiger partial charge in [-0.2, -0.15) is 0 Å². The van der Waals surface area contributed by atoms with Crippen molar-refractivity contribution in [2.24, 2.45) is 0 Å². The highest BCUT2D eigenvalue weighted by atomic mass is 16.2. The second kappa shape index (κ2) is 7.95. The SMILES string of the molecule is CC(C)(Nc1ccccc1)C(=O)NC1CCN(c2nccc(-c3ccc[nH]3)n2)C1. The molecule has 0 radical (unpaired) electrons. The summed E-state index contributed by atoms with van der Waals surface area (Å²) < 4.78 is 0. The minimum atomic E-state index is -0.710. The van der Waals surface area contributed by atoms with Crippen LogP contribution in [0.1, 0.15) is 20.3 Å². The number of anilines is 2. The summed E-state index contributed by atoms with van der Waals surface area (Å²) in [7, 11) is 0. The molecule has 150 valence electrons. The molecule has 1 fully saturated rings. The van der Waals surface area contributed by atoms with Gasteiger partial charge < -0.3 is 20.5 Å². The highest BCUT2D eigenvalue weighted by Crippen LogP contribution is 2.21. The topological polar surface area (TPSA) is 85.9 Å². The molecule has 2 aromatic heterocycles. The van der Waals surface area contributed by atoms with E-state index in [-0.39, 0.29) is 11.9 Å². The Morgan fingerprint density at radius 1 is 1.17 bits per heavy atom. The number of rotatable bonds is 6. The molecule has 7 nitrogen and oxygen atoms in total. The van der Waals surface area contributed by atoms with Crippen LogP contribution in [0.3, 0.4) is 0 Å². The van der Waals surface area contributed by atoms with Gasteiger partial charge in [-0.05, 0) is 50.6 Å². The molecule has 1 aliphatic heterocycles. The molecule has 0 bridgehead atoms. The first kappa shape index (κ1) is 19.0. The number of carbonyl (C=O) groups is 1. The third kappa shape index (κ3) is 4.39. The van der Waals surface area contributed by atoms with Crippen LogP contribution >= 0.6 is 0 Å². The first-order chi connectivity index (χ1) is 14.0. The summed E-state index contributed by atoms with van der Waals surface area (Å²) in [4.78, 5) is 27.2. The van der Waals surface area contributed by atoms with Crippen LogP contribution in [0.15, 0.2) is 60.9 Å². The molecule has 4 rings (SSSR count). The van der Waals surface area contributed by atoms with Crippen molar-refractivity contribution in [2.75, 3.05) is 23.3 Å². The third-order valence-corrected chi connectivity index (χ3v) is 5.12. The Labute approximate surface area is 170 Å². The molecule has 7 heteroatoms. The minimum Gasteiger partial charge on any atom is -0.372 e. The number of para-hydroxylation sites is 1. The highest BCUT2D eigenvalue weighted by molar-refractivity contribution is 5.88. The highest BCUT2D eigenvalue weighted by Gasteiger charge is 2.32. The van der Waals surface area contributed by atoms with E-state index in [9.17, 15) is 4.79 Å². The Morgan fingerprint density at radius 2 is 2.00 bits per heavy atom. The zero-order valence-electron chi connectivity index (χ0n) is 16.7. The van der Waals surface area contributed by atoms with Gasteiger partial charge >= 0.3 is 0 Å². The van der Waals surface area contributed by atoms with E-state index in [1.54, 1.807) is 6.20 Å². The van der Waals surface area contributed by atoms with Gasteiger partial charge in [-0.15, -0.1) is 0 Å². The summed E-state index contributed by atoms with van der Waals surface area (Å²) in [5.41, 5.74) is 2.04. The molecule has 1 unspecified atom stereocenters. The van der Waals surface area contributed by atoms with E-state index in [4.69, 9.17) is 0 Å². The molecular formula is C22H26N6O. The number of carbonyl (C=O) groups excluding carboxylic acids is 1. The average molecular weight is 390 g/mol. The van der Waals surface area contributed by atoms with E-state index in [1.165, 1.54) is 0 Å². The number of amides is 1. The first-order valence-electron chi connectivity index (χ1n) is 9.87. The quantitative estimate of drug-likeness (QED) is 0.602. The van der Waals surface area contributed by atoms with Gasteiger partial charge in [-0.1, -0.05) is 18.2 Å². The second-order valence-corrected chi connectivity index (χ2v) is 7.85. The second-order valence-electron chi connectivity index (χ2n) is 7.85. The number of aromatic amines is 1. The fourth-order valence-corrected chi connectivity index (χ4v) is 3.51. The first-order valence-corrected chi connectivity index (χ1v) is 9.87. The summed E-state index contributed by atoms with van der Waals surface area (Å²) in [5, 5.41) is 6.48. The van der Waals surface area contributed by atoms with E-state index in [1.807, 2.05) is 68.6 Å². The van der Waals surface area contributed by atoms with Crippen molar-refractivity contribution in [2.45, 2.75) is 31.8 Å². The fourth-order valence-electron chi connectivity index (χ4n) is 3.51. The maximum absolute atomic E-state index is 12.9. The van der Waals surface area contributed by atoms with Gasteiger partial charge in [-0.25, -0.2) is 9.97 Å². The lowest BCUT2D eigenvalue weighted by molar-refractivity contribution is -0.125. The molecule has 1 aromatic carbocycles. The van der Waals surface area contributed by atoms with Gasteiger partial charge in [0.15, 0.2) is 0 Å². The predicted octanol–water partition coefficient (Wildman–Crippen LogP) is 3.06. The molecule has 1 amide bonds. The van der Waals surface area contributed by atoms with Gasteiger partial charge in [0, 0.05) is 37.2 Å². The van der Waals surface area contributed by atoms with Gasteiger partial charge in [-0.3, -0.25) is 4.79 Å². The average Bonchev–Trinajstić information content (AvgIpc) is 3.41. The van der Waals surface area contributed by atoms with Crippen molar-refractivity contribution < 1.29 is 4.79 Å². The summed E-state index contributed by atoms with van der Waals surface area (Å²) in [6, 6.07) is 15.7. The van der Waals surface area contributed by atoms with Crippen LogP contribution in [0.5, 0.6) is 0 Å². The van der Waals surface area contributed by atoms with E-state index in [2.05, 4.69) is 30.5 Å². The van der Waals surface area contributed by atoms with Gasteiger partial charge in [0.1, 0.15) is 5.54 Å². The molecule has 1 saturated heterocycles. The largest absolute Gasteiger partial charge is 0.372 e. The standard InChI is InChI=1S/C22H26N6O/c1-22(2,27-16-7-4-3-5-8-16)20(29)25-17-11-14-28(15-17)21-24-13-10-19(26-21)18-9-6-12-23-18/h3-10,12-13,17,23,27H,11,14-15H2,1-2H3,(H,25,29). The zero-order chi connectivity index (χ0) is 20.3. The Hall–Kier alpha value is -3.35. The van der Waals surface area contributed by atoms with Crippen LogP contribution in [-0.4, -0.2) is 45.5 Å². The van der Waals surface area contributed by atoms with Gasteiger partial charge in [0.05, 0.1) is 11.4 Å². The molecule has 3 N–H and O–H groups in total. The van der Waals surface area contributed by atoms with Gasteiger partial charge in [0.2, 0.25) is 11.9 Å². The van der Waals surface area contributed by atoms with Crippen LogP contribution < -0.4 is 15.5 Å². The molecular weight excluding hydrogens is 364 g/mol. The molecule has 3 heterocycles. The van der Waals surface area contributed by atoms with Crippen molar-refractivity contribution in [1.82, 2.24) is 20.3 Å². The molecule has 1 atom stereocenters. The molecule has 1 aliphatic rings. The number of nitrogens with zero attached hydrogens (tertiary/aromatic N) is 3. The van der Waals surface area contributed by atoms with E-state index in [0.717, 1.165) is 30.0 Å². The third-order valence-electron chi connectivity index (χ3n) is 5.12. The number of benzene rings is 1. The van der Waals surface area contributed by atoms with Crippen LogP contribution in [0, 0.1) is 0 Å². The van der Waals surface area contributed by atoms with Crippen molar-refractivity contribution in [3.63, 3.8) is 0 Å². The molecule has 29 heavy (non-hydrogen) atoms. The lowest BCUT2D eigenvalue weighted by Gasteiger charge is -2.28. The maximum atomic E-state index is 12.9. The summed E-state index contributed by atoms with van der Waals surface area (Å²) in [6.07, 6.45) is 4.52. The van der Waals surface area contributed by atoms with Gasteiger partial charge in [0.25, 0.3) is 0 Å². The lowest BCUT2D eigenvalue weighted by Crippen LogP contribution is -2.51. The molecule has 0 spiro atoms. The summed E-state index contributed by atoms with van der Waals surface area (Å²) in [5.74, 6) is 0.671. The molecule has 0 saturated carbocycles. The normalized spacial score (nSPS) is 16.6. The molecule has 3 aromatic rings. The Morgan fingerprint density at radius 3 is 2.76 bits per heavy atom. The van der Waals surface area contributed by atoms with Crippen LogP contribution in [0.25, 0.3) is 11.4 Å². The monoisotopic (exact) mass is 390 g/mol. The van der Waals surface area contributed by atoms with E-state index >= 15 is 0 Å². The number of hydrogen-bond acceptors (Lipinski definition) is 5. The van der Waals surface area contributed by atoms with Crippen LogP contribution in [-0.2, 0) is 4.79 Å². The Kier molecular flexibility index (Phi) is 5.20. The van der Waals surface area contributed by atoms with Crippen molar-refractivity contribution in [1.29, 1.82) is 0 Å². The smallest absolute Gasteiger partial charge is 0.245 e.